The molecular weight excluding hydrogens is 214 g/mol. The molecule has 1 aromatic rings. The van der Waals surface area contributed by atoms with Crippen molar-refractivity contribution in [3.8, 4) is 0 Å². The lowest BCUT2D eigenvalue weighted by Gasteiger charge is -2.22. The summed E-state index contributed by atoms with van der Waals surface area (Å²) >= 11 is 0. The first-order valence-electron chi connectivity index (χ1n) is 5.78. The molecule has 0 bridgehead atoms. The SMILES string of the molecule is CC(C)(C)CC(N)CC(=O)c1cnccc1N. The number of nitrogens with zero attached hydrogens (tertiary/aromatic N) is 1. The standard InChI is InChI=1S/C13H21N3O/c1-13(2,3)7-9(14)6-12(17)10-8-16-5-4-11(10)15/h4-5,8-9H,6-7,14H2,1-3H3,(H2,15,16). The number of ketones is 1. The van der Waals surface area contributed by atoms with Crippen LogP contribution in [0.5, 0.6) is 0 Å². The average molecular weight is 235 g/mol. The maximum Gasteiger partial charge on any atom is 0.168 e. The van der Waals surface area contributed by atoms with Crippen LogP contribution in [0, 0.1) is 5.41 Å². The van der Waals surface area contributed by atoms with Crippen LogP contribution in [0.15, 0.2) is 18.5 Å². The Kier molecular flexibility index (Phi) is 4.23. The highest BCUT2D eigenvalue weighted by molar-refractivity contribution is 6.00. The fraction of sp³-hybridized carbons (Fsp3) is 0.538. The Morgan fingerprint density at radius 1 is 1.47 bits per heavy atom. The van der Waals surface area contributed by atoms with E-state index < -0.39 is 0 Å². The molecule has 1 atom stereocenters. The third-order valence-corrected chi connectivity index (χ3v) is 2.48. The van der Waals surface area contributed by atoms with Crippen LogP contribution in [0.2, 0.25) is 0 Å². The van der Waals surface area contributed by atoms with Crippen molar-refractivity contribution in [2.75, 3.05) is 5.73 Å². The fourth-order valence-corrected chi connectivity index (χ4v) is 1.85. The van der Waals surface area contributed by atoms with Crippen LogP contribution < -0.4 is 11.5 Å². The van der Waals surface area contributed by atoms with Gasteiger partial charge < -0.3 is 11.5 Å². The van der Waals surface area contributed by atoms with Gasteiger partial charge in [-0.1, -0.05) is 20.8 Å². The van der Waals surface area contributed by atoms with Crippen molar-refractivity contribution >= 4 is 11.5 Å². The Labute approximate surface area is 102 Å². The van der Waals surface area contributed by atoms with E-state index >= 15 is 0 Å². The van der Waals surface area contributed by atoms with Gasteiger partial charge in [-0.05, 0) is 17.9 Å². The predicted octanol–water partition coefficient (Wildman–Crippen LogP) is 2.00. The van der Waals surface area contributed by atoms with Crippen LogP contribution in [0.1, 0.15) is 44.0 Å². The first kappa shape index (κ1) is 13.6. The molecule has 0 aromatic carbocycles. The van der Waals surface area contributed by atoms with Crippen LogP contribution in [0.4, 0.5) is 5.69 Å². The molecule has 1 heterocycles. The van der Waals surface area contributed by atoms with Crippen molar-refractivity contribution in [2.45, 2.75) is 39.7 Å². The molecule has 0 spiro atoms. The molecule has 4 heteroatoms. The molecule has 0 radical (unpaired) electrons. The smallest absolute Gasteiger partial charge is 0.168 e. The lowest BCUT2D eigenvalue weighted by molar-refractivity contribution is 0.0969. The van der Waals surface area contributed by atoms with E-state index in [1.54, 1.807) is 12.3 Å². The van der Waals surface area contributed by atoms with Crippen molar-refractivity contribution in [3.05, 3.63) is 24.0 Å². The van der Waals surface area contributed by atoms with Gasteiger partial charge in [0, 0.05) is 30.5 Å². The monoisotopic (exact) mass is 235 g/mol. The predicted molar refractivity (Wildman–Crippen MR) is 69.6 cm³/mol. The van der Waals surface area contributed by atoms with Gasteiger partial charge in [-0.3, -0.25) is 9.78 Å². The number of carbonyl (C=O) groups is 1. The summed E-state index contributed by atoms with van der Waals surface area (Å²) in [6, 6.07) is 1.49. The second-order valence-corrected chi connectivity index (χ2v) is 5.62. The third-order valence-electron chi connectivity index (χ3n) is 2.48. The molecular formula is C13H21N3O. The van der Waals surface area contributed by atoms with E-state index in [0.29, 0.717) is 17.7 Å². The molecule has 17 heavy (non-hydrogen) atoms. The number of hydrogen-bond acceptors (Lipinski definition) is 4. The Hall–Kier alpha value is -1.42. The fourth-order valence-electron chi connectivity index (χ4n) is 1.85. The van der Waals surface area contributed by atoms with Gasteiger partial charge >= 0.3 is 0 Å². The van der Waals surface area contributed by atoms with E-state index in [9.17, 15) is 4.79 Å². The number of anilines is 1. The molecule has 94 valence electrons. The molecule has 0 aliphatic carbocycles. The van der Waals surface area contributed by atoms with Gasteiger partial charge in [0.05, 0.1) is 5.56 Å². The third kappa shape index (κ3) is 4.53. The minimum Gasteiger partial charge on any atom is -0.398 e. The van der Waals surface area contributed by atoms with Gasteiger partial charge in [-0.2, -0.15) is 0 Å². The van der Waals surface area contributed by atoms with E-state index in [4.69, 9.17) is 11.5 Å². The number of nitrogens with two attached hydrogens (primary N) is 2. The van der Waals surface area contributed by atoms with Crippen LogP contribution in [-0.4, -0.2) is 16.8 Å². The zero-order chi connectivity index (χ0) is 13.1. The second-order valence-electron chi connectivity index (χ2n) is 5.62. The Morgan fingerprint density at radius 2 is 2.12 bits per heavy atom. The molecule has 1 rings (SSSR count). The number of rotatable bonds is 4. The first-order valence-corrected chi connectivity index (χ1v) is 5.78. The Bertz CT molecular complexity index is 396. The van der Waals surface area contributed by atoms with E-state index in [2.05, 4.69) is 25.8 Å². The highest BCUT2D eigenvalue weighted by Crippen LogP contribution is 2.22. The van der Waals surface area contributed by atoms with Crippen molar-refractivity contribution in [1.29, 1.82) is 0 Å². The first-order chi connectivity index (χ1) is 7.79. The Balaban J connectivity index is 2.64. The van der Waals surface area contributed by atoms with E-state index in [0.717, 1.165) is 6.42 Å². The van der Waals surface area contributed by atoms with Gasteiger partial charge in [0.2, 0.25) is 0 Å². The molecule has 4 N–H and O–H groups in total. The molecule has 1 unspecified atom stereocenters. The maximum atomic E-state index is 12.0. The van der Waals surface area contributed by atoms with E-state index in [-0.39, 0.29) is 17.2 Å². The molecule has 0 saturated carbocycles. The van der Waals surface area contributed by atoms with Gasteiger partial charge in [0.1, 0.15) is 0 Å². The van der Waals surface area contributed by atoms with Crippen LogP contribution in [-0.2, 0) is 0 Å². The quantitative estimate of drug-likeness (QED) is 0.782. The summed E-state index contributed by atoms with van der Waals surface area (Å²) in [6.45, 7) is 6.32. The second kappa shape index (κ2) is 5.27. The number of hydrogen-bond donors (Lipinski definition) is 2. The number of pyridine rings is 1. The van der Waals surface area contributed by atoms with Crippen molar-refractivity contribution in [1.82, 2.24) is 4.98 Å². The normalized spacial score (nSPS) is 13.4. The lowest BCUT2D eigenvalue weighted by Crippen LogP contribution is -2.29. The molecule has 0 saturated heterocycles. The topological polar surface area (TPSA) is 82.0 Å². The minimum absolute atomic E-state index is 0.0349. The van der Waals surface area contributed by atoms with E-state index in [1.165, 1.54) is 6.20 Å². The summed E-state index contributed by atoms with van der Waals surface area (Å²) in [4.78, 5) is 15.9. The van der Waals surface area contributed by atoms with Crippen molar-refractivity contribution in [3.63, 3.8) is 0 Å². The van der Waals surface area contributed by atoms with Gasteiger partial charge in [0.15, 0.2) is 5.78 Å². The number of aromatic nitrogens is 1. The van der Waals surface area contributed by atoms with Gasteiger partial charge in [-0.15, -0.1) is 0 Å². The largest absolute Gasteiger partial charge is 0.398 e. The number of carbonyl (C=O) groups excluding carboxylic acids is 1. The minimum atomic E-state index is -0.137. The summed E-state index contributed by atoms with van der Waals surface area (Å²) in [6.07, 6.45) is 4.19. The molecule has 0 amide bonds. The number of nitrogen functional groups attached to an aromatic ring is 1. The summed E-state index contributed by atoms with van der Waals surface area (Å²) in [7, 11) is 0. The highest BCUT2D eigenvalue weighted by Gasteiger charge is 2.19. The molecule has 0 aliphatic heterocycles. The van der Waals surface area contributed by atoms with Crippen molar-refractivity contribution < 1.29 is 4.79 Å². The Morgan fingerprint density at radius 3 is 2.65 bits per heavy atom. The van der Waals surface area contributed by atoms with E-state index in [1.807, 2.05) is 0 Å². The molecule has 1 aromatic heterocycles. The zero-order valence-electron chi connectivity index (χ0n) is 10.7. The van der Waals surface area contributed by atoms with Crippen LogP contribution in [0.3, 0.4) is 0 Å². The zero-order valence-corrected chi connectivity index (χ0v) is 10.7. The summed E-state index contributed by atoms with van der Waals surface area (Å²) in [5.41, 5.74) is 12.7. The maximum absolute atomic E-state index is 12.0. The molecule has 0 aliphatic rings. The van der Waals surface area contributed by atoms with Gasteiger partial charge in [0.25, 0.3) is 0 Å². The van der Waals surface area contributed by atoms with Crippen LogP contribution in [0.25, 0.3) is 0 Å². The lowest BCUT2D eigenvalue weighted by atomic mass is 9.86. The molecule has 0 fully saturated rings. The van der Waals surface area contributed by atoms with Crippen LogP contribution >= 0.6 is 0 Å². The highest BCUT2D eigenvalue weighted by atomic mass is 16.1. The summed E-state index contributed by atoms with van der Waals surface area (Å²) < 4.78 is 0. The van der Waals surface area contributed by atoms with Gasteiger partial charge in [-0.25, -0.2) is 0 Å². The summed E-state index contributed by atoms with van der Waals surface area (Å²) in [5, 5.41) is 0. The average Bonchev–Trinajstić information content (AvgIpc) is 2.14. The number of Topliss-reactive ketones (excluding diaryl/α,β-unsaturated/α-hetero) is 1. The summed E-state index contributed by atoms with van der Waals surface area (Å²) in [5.74, 6) is -0.0349. The molecule has 4 nitrogen and oxygen atoms in total. The van der Waals surface area contributed by atoms with Crippen molar-refractivity contribution in [2.24, 2.45) is 11.1 Å².